The van der Waals surface area contributed by atoms with Gasteiger partial charge in [0.15, 0.2) is 0 Å². The van der Waals surface area contributed by atoms with Crippen LogP contribution in [0.25, 0.3) is 0 Å². The van der Waals surface area contributed by atoms with Gasteiger partial charge in [-0.1, -0.05) is 25.4 Å². The summed E-state index contributed by atoms with van der Waals surface area (Å²) in [7, 11) is 0. The van der Waals surface area contributed by atoms with Crippen LogP contribution in [0.4, 0.5) is 5.69 Å². The first-order valence-corrected chi connectivity index (χ1v) is 7.74. The average Bonchev–Trinajstić information content (AvgIpc) is 2.38. The standard InChI is InChI=1S/C14H22BrClN2O/c1-4-18(5-2)9-11(19)8-17-14-7-13(16)10(3)6-12(14)15/h6-7,11,17,19H,4-5,8-9H2,1-3H3. The van der Waals surface area contributed by atoms with Crippen molar-refractivity contribution in [1.82, 2.24) is 4.90 Å². The lowest BCUT2D eigenvalue weighted by atomic mass is 10.2. The molecule has 5 heteroatoms. The molecule has 0 heterocycles. The number of aliphatic hydroxyl groups excluding tert-OH is 1. The molecule has 1 rings (SSSR count). The maximum absolute atomic E-state index is 10.0. The molecule has 0 aliphatic heterocycles. The molecule has 1 aromatic carbocycles. The van der Waals surface area contributed by atoms with E-state index in [1.165, 1.54) is 0 Å². The minimum absolute atomic E-state index is 0.396. The van der Waals surface area contributed by atoms with Crippen molar-refractivity contribution in [2.24, 2.45) is 0 Å². The molecule has 108 valence electrons. The van der Waals surface area contributed by atoms with Gasteiger partial charge in [-0.2, -0.15) is 0 Å². The molecule has 3 nitrogen and oxygen atoms in total. The van der Waals surface area contributed by atoms with Crippen molar-refractivity contribution in [2.45, 2.75) is 26.9 Å². The topological polar surface area (TPSA) is 35.5 Å². The second-order valence-corrected chi connectivity index (χ2v) is 5.86. The fraction of sp³-hybridized carbons (Fsp3) is 0.571. The molecule has 0 amide bonds. The van der Waals surface area contributed by atoms with Crippen LogP contribution >= 0.6 is 27.5 Å². The number of rotatable bonds is 7. The van der Waals surface area contributed by atoms with Crippen molar-refractivity contribution in [3.05, 3.63) is 27.2 Å². The van der Waals surface area contributed by atoms with Crippen LogP contribution in [-0.4, -0.2) is 42.3 Å². The predicted molar refractivity (Wildman–Crippen MR) is 86.2 cm³/mol. The molecule has 0 fully saturated rings. The second kappa shape index (κ2) is 8.10. The van der Waals surface area contributed by atoms with Gasteiger partial charge < -0.3 is 15.3 Å². The number of nitrogens with zero attached hydrogens (tertiary/aromatic N) is 1. The van der Waals surface area contributed by atoms with Crippen molar-refractivity contribution in [1.29, 1.82) is 0 Å². The highest BCUT2D eigenvalue weighted by Crippen LogP contribution is 2.29. The number of likely N-dealkylation sites (N-methyl/N-ethyl adjacent to an activating group) is 1. The molecule has 0 aromatic heterocycles. The largest absolute Gasteiger partial charge is 0.390 e. The summed E-state index contributed by atoms with van der Waals surface area (Å²) in [4.78, 5) is 2.20. The normalized spacial score (nSPS) is 12.8. The molecule has 0 aliphatic carbocycles. The minimum Gasteiger partial charge on any atom is -0.390 e. The summed E-state index contributed by atoms with van der Waals surface area (Å²) in [6, 6.07) is 3.85. The number of aryl methyl sites for hydroxylation is 1. The maximum Gasteiger partial charge on any atom is 0.0839 e. The second-order valence-electron chi connectivity index (χ2n) is 4.60. The first-order valence-electron chi connectivity index (χ1n) is 6.57. The fourth-order valence-electron chi connectivity index (χ4n) is 1.85. The lowest BCUT2D eigenvalue weighted by Crippen LogP contribution is -2.35. The highest BCUT2D eigenvalue weighted by atomic mass is 79.9. The molecular formula is C14H22BrClN2O. The van der Waals surface area contributed by atoms with E-state index >= 15 is 0 Å². The van der Waals surface area contributed by atoms with E-state index in [-0.39, 0.29) is 0 Å². The Morgan fingerprint density at radius 1 is 1.37 bits per heavy atom. The summed E-state index contributed by atoms with van der Waals surface area (Å²) in [5.41, 5.74) is 1.94. The van der Waals surface area contributed by atoms with E-state index in [0.717, 1.165) is 33.8 Å². The Morgan fingerprint density at radius 2 is 2.00 bits per heavy atom. The van der Waals surface area contributed by atoms with Gasteiger partial charge in [-0.3, -0.25) is 0 Å². The van der Waals surface area contributed by atoms with Gasteiger partial charge in [0.05, 0.1) is 11.8 Å². The van der Waals surface area contributed by atoms with E-state index in [1.54, 1.807) is 0 Å². The van der Waals surface area contributed by atoms with Crippen LogP contribution in [0.1, 0.15) is 19.4 Å². The number of hydrogen-bond acceptors (Lipinski definition) is 3. The van der Waals surface area contributed by atoms with Crippen LogP contribution in [-0.2, 0) is 0 Å². The van der Waals surface area contributed by atoms with E-state index < -0.39 is 6.10 Å². The molecule has 0 aliphatic rings. The SMILES string of the molecule is CCN(CC)CC(O)CNc1cc(Cl)c(C)cc1Br. The quantitative estimate of drug-likeness (QED) is 0.790. The molecule has 0 radical (unpaired) electrons. The predicted octanol–water partition coefficient (Wildman–Crippen LogP) is 3.53. The molecule has 0 bridgehead atoms. The Labute approximate surface area is 129 Å². The number of nitrogens with one attached hydrogen (secondary N) is 1. The number of halogens is 2. The highest BCUT2D eigenvalue weighted by Gasteiger charge is 2.10. The van der Waals surface area contributed by atoms with E-state index in [2.05, 4.69) is 40.0 Å². The smallest absolute Gasteiger partial charge is 0.0839 e. The first kappa shape index (κ1) is 16.8. The summed E-state index contributed by atoms with van der Waals surface area (Å²) in [6.45, 7) is 9.25. The van der Waals surface area contributed by atoms with Gasteiger partial charge in [0, 0.05) is 22.6 Å². The van der Waals surface area contributed by atoms with Crippen LogP contribution in [0, 0.1) is 6.92 Å². The van der Waals surface area contributed by atoms with E-state index in [4.69, 9.17) is 11.6 Å². The minimum atomic E-state index is -0.396. The number of anilines is 1. The van der Waals surface area contributed by atoms with Crippen molar-refractivity contribution >= 4 is 33.2 Å². The van der Waals surface area contributed by atoms with Gasteiger partial charge in [0.1, 0.15) is 0 Å². The van der Waals surface area contributed by atoms with E-state index in [1.807, 2.05) is 19.1 Å². The number of aliphatic hydroxyl groups is 1. The van der Waals surface area contributed by atoms with Gasteiger partial charge in [0.2, 0.25) is 0 Å². The zero-order valence-electron chi connectivity index (χ0n) is 11.7. The third kappa shape index (κ3) is 5.30. The molecule has 1 atom stereocenters. The summed E-state index contributed by atoms with van der Waals surface area (Å²) in [6.07, 6.45) is -0.396. The van der Waals surface area contributed by atoms with Crippen molar-refractivity contribution < 1.29 is 5.11 Å². The molecule has 0 saturated heterocycles. The molecule has 1 unspecified atom stereocenters. The Balaban J connectivity index is 2.55. The van der Waals surface area contributed by atoms with Crippen LogP contribution in [0.5, 0.6) is 0 Å². The van der Waals surface area contributed by atoms with Crippen LogP contribution in [0.3, 0.4) is 0 Å². The van der Waals surface area contributed by atoms with Crippen molar-refractivity contribution in [3.8, 4) is 0 Å². The van der Waals surface area contributed by atoms with Crippen molar-refractivity contribution in [3.63, 3.8) is 0 Å². The van der Waals surface area contributed by atoms with Crippen molar-refractivity contribution in [2.75, 3.05) is 31.5 Å². The van der Waals surface area contributed by atoms with Gasteiger partial charge in [-0.25, -0.2) is 0 Å². The monoisotopic (exact) mass is 348 g/mol. The summed E-state index contributed by atoms with van der Waals surface area (Å²) in [5.74, 6) is 0. The average molecular weight is 350 g/mol. The lowest BCUT2D eigenvalue weighted by molar-refractivity contribution is 0.128. The highest BCUT2D eigenvalue weighted by molar-refractivity contribution is 9.10. The van der Waals surface area contributed by atoms with Crippen LogP contribution in [0.2, 0.25) is 5.02 Å². The third-order valence-electron chi connectivity index (χ3n) is 3.14. The number of benzene rings is 1. The number of hydrogen-bond donors (Lipinski definition) is 2. The van der Waals surface area contributed by atoms with E-state index in [9.17, 15) is 5.11 Å². The summed E-state index contributed by atoms with van der Waals surface area (Å²) >= 11 is 9.60. The Hall–Kier alpha value is -0.290. The Bertz CT molecular complexity index is 411. The molecule has 0 spiro atoms. The molecule has 19 heavy (non-hydrogen) atoms. The Morgan fingerprint density at radius 3 is 2.58 bits per heavy atom. The summed E-state index contributed by atoms with van der Waals surface area (Å²) in [5, 5.41) is 14.0. The zero-order valence-corrected chi connectivity index (χ0v) is 14.1. The van der Waals surface area contributed by atoms with E-state index in [0.29, 0.717) is 13.1 Å². The zero-order chi connectivity index (χ0) is 14.4. The lowest BCUT2D eigenvalue weighted by Gasteiger charge is -2.22. The van der Waals surface area contributed by atoms with Gasteiger partial charge >= 0.3 is 0 Å². The molecule has 0 saturated carbocycles. The summed E-state index contributed by atoms with van der Waals surface area (Å²) < 4.78 is 0.962. The van der Waals surface area contributed by atoms with Gasteiger partial charge in [-0.15, -0.1) is 0 Å². The Kier molecular flexibility index (Phi) is 7.15. The fourth-order valence-corrected chi connectivity index (χ4v) is 2.62. The first-order chi connectivity index (χ1) is 8.97. The van der Waals surface area contributed by atoms with Gasteiger partial charge in [0.25, 0.3) is 0 Å². The van der Waals surface area contributed by atoms with Gasteiger partial charge in [-0.05, 0) is 53.6 Å². The third-order valence-corrected chi connectivity index (χ3v) is 4.20. The van der Waals surface area contributed by atoms with Crippen LogP contribution in [0.15, 0.2) is 16.6 Å². The molecule has 1 aromatic rings. The van der Waals surface area contributed by atoms with Crippen LogP contribution < -0.4 is 5.32 Å². The molecular weight excluding hydrogens is 328 g/mol. The molecule has 2 N–H and O–H groups in total. The maximum atomic E-state index is 10.0.